The number of carbonyl (C=O) groups excluding carboxylic acids is 1. The molecule has 7 heteroatoms. The molecule has 1 amide bonds. The van der Waals surface area contributed by atoms with Crippen molar-refractivity contribution in [3.8, 4) is 6.07 Å². The van der Waals surface area contributed by atoms with E-state index in [1.165, 1.54) is 12.3 Å². The first kappa shape index (κ1) is 14.1. The number of amides is 1. The van der Waals surface area contributed by atoms with E-state index in [1.807, 2.05) is 11.0 Å². The highest BCUT2D eigenvalue weighted by Crippen LogP contribution is 2.22. The number of piperazine rings is 1. The number of nitrogens with zero attached hydrogens (tertiary/aromatic N) is 4. The van der Waals surface area contributed by atoms with Crippen LogP contribution in [-0.2, 0) is 0 Å². The Morgan fingerprint density at radius 1 is 1.27 bits per heavy atom. The number of halogens is 1. The Labute approximate surface area is 126 Å². The lowest BCUT2D eigenvalue weighted by Gasteiger charge is -2.36. The summed E-state index contributed by atoms with van der Waals surface area (Å²) in [6.45, 7) is 2.11. The first-order valence-electron chi connectivity index (χ1n) is 6.92. The number of carbonyl (C=O) groups is 1. The number of benzene rings is 1. The zero-order valence-electron chi connectivity index (χ0n) is 11.8. The van der Waals surface area contributed by atoms with E-state index in [-0.39, 0.29) is 5.91 Å². The van der Waals surface area contributed by atoms with Crippen molar-refractivity contribution in [2.45, 2.75) is 0 Å². The smallest absolute Gasteiger partial charge is 0.271 e. The first-order chi connectivity index (χ1) is 10.7. The third-order valence-electron chi connectivity index (χ3n) is 3.72. The number of nitriles is 1. The van der Waals surface area contributed by atoms with Crippen LogP contribution in [0.1, 0.15) is 16.1 Å². The summed E-state index contributed by atoms with van der Waals surface area (Å²) < 4.78 is 14.0. The largest absolute Gasteiger partial charge is 0.366 e. The summed E-state index contributed by atoms with van der Waals surface area (Å²) in [4.78, 5) is 15.8. The van der Waals surface area contributed by atoms with Gasteiger partial charge in [-0.05, 0) is 24.3 Å². The summed E-state index contributed by atoms with van der Waals surface area (Å²) in [6, 6.07) is 7.99. The number of hydrogen-bond donors (Lipinski definition) is 1. The average Bonchev–Trinajstić information content (AvgIpc) is 3.08. The normalized spacial score (nSPS) is 14.7. The van der Waals surface area contributed by atoms with Gasteiger partial charge >= 0.3 is 0 Å². The summed E-state index contributed by atoms with van der Waals surface area (Å²) in [5.41, 5.74) is 1.22. The Kier molecular flexibility index (Phi) is 3.74. The Bertz CT molecular complexity index is 714. The number of aromatic nitrogens is 2. The van der Waals surface area contributed by atoms with Crippen LogP contribution in [0.15, 0.2) is 30.5 Å². The molecule has 1 saturated heterocycles. The molecule has 0 spiro atoms. The summed E-state index contributed by atoms with van der Waals surface area (Å²) in [7, 11) is 0. The van der Waals surface area contributed by atoms with Crippen LogP contribution in [0.5, 0.6) is 0 Å². The van der Waals surface area contributed by atoms with E-state index >= 15 is 0 Å². The van der Waals surface area contributed by atoms with Gasteiger partial charge in [0.15, 0.2) is 0 Å². The van der Waals surface area contributed by atoms with Crippen LogP contribution in [0.25, 0.3) is 0 Å². The average molecular weight is 299 g/mol. The van der Waals surface area contributed by atoms with Crippen LogP contribution >= 0.6 is 0 Å². The fraction of sp³-hybridized carbons (Fsp3) is 0.267. The van der Waals surface area contributed by atoms with Gasteiger partial charge in [0.25, 0.3) is 5.91 Å². The zero-order chi connectivity index (χ0) is 15.5. The SMILES string of the molecule is N#Cc1ccc(N2CCN(C(=O)c3ccn[nH]3)CC2)c(F)c1. The van der Waals surface area contributed by atoms with Crippen molar-refractivity contribution in [1.82, 2.24) is 15.1 Å². The van der Waals surface area contributed by atoms with Crippen molar-refractivity contribution < 1.29 is 9.18 Å². The number of rotatable bonds is 2. The van der Waals surface area contributed by atoms with E-state index in [1.54, 1.807) is 23.1 Å². The van der Waals surface area contributed by atoms with Gasteiger partial charge in [-0.2, -0.15) is 10.4 Å². The fourth-order valence-electron chi connectivity index (χ4n) is 2.53. The third kappa shape index (κ3) is 2.63. The van der Waals surface area contributed by atoms with Gasteiger partial charge in [-0.1, -0.05) is 0 Å². The summed E-state index contributed by atoms with van der Waals surface area (Å²) in [6.07, 6.45) is 1.54. The molecule has 1 fully saturated rings. The molecule has 1 aromatic heterocycles. The van der Waals surface area contributed by atoms with E-state index in [0.29, 0.717) is 43.1 Å². The molecule has 112 valence electrons. The van der Waals surface area contributed by atoms with E-state index < -0.39 is 5.82 Å². The molecule has 2 heterocycles. The van der Waals surface area contributed by atoms with Crippen LogP contribution in [0.2, 0.25) is 0 Å². The van der Waals surface area contributed by atoms with Crippen molar-refractivity contribution in [3.05, 3.63) is 47.5 Å². The van der Waals surface area contributed by atoms with E-state index in [4.69, 9.17) is 5.26 Å². The van der Waals surface area contributed by atoms with Crippen LogP contribution in [-0.4, -0.2) is 47.2 Å². The standard InChI is InChI=1S/C15H14FN5O/c16-12-9-11(10-17)1-2-14(12)20-5-7-21(8-6-20)15(22)13-3-4-18-19-13/h1-4,9H,5-8H2,(H,18,19). The number of anilines is 1. The second-order valence-corrected chi connectivity index (χ2v) is 5.03. The van der Waals surface area contributed by atoms with Crippen LogP contribution in [0.3, 0.4) is 0 Å². The zero-order valence-corrected chi connectivity index (χ0v) is 11.8. The topological polar surface area (TPSA) is 76.0 Å². The highest BCUT2D eigenvalue weighted by atomic mass is 19.1. The van der Waals surface area contributed by atoms with E-state index in [9.17, 15) is 9.18 Å². The summed E-state index contributed by atoms with van der Waals surface area (Å²) in [5.74, 6) is -0.509. The molecule has 0 bridgehead atoms. The highest BCUT2D eigenvalue weighted by molar-refractivity contribution is 5.92. The molecule has 0 aliphatic carbocycles. The Morgan fingerprint density at radius 3 is 2.64 bits per heavy atom. The van der Waals surface area contributed by atoms with Crippen LogP contribution in [0.4, 0.5) is 10.1 Å². The minimum Gasteiger partial charge on any atom is -0.366 e. The summed E-state index contributed by atoms with van der Waals surface area (Å²) in [5, 5.41) is 15.2. The molecule has 1 aromatic carbocycles. The highest BCUT2D eigenvalue weighted by Gasteiger charge is 2.24. The second-order valence-electron chi connectivity index (χ2n) is 5.03. The number of aromatic amines is 1. The lowest BCUT2D eigenvalue weighted by Crippen LogP contribution is -2.49. The molecular formula is C15H14FN5O. The predicted molar refractivity (Wildman–Crippen MR) is 77.8 cm³/mol. The maximum Gasteiger partial charge on any atom is 0.271 e. The fourth-order valence-corrected chi connectivity index (χ4v) is 2.53. The van der Waals surface area contributed by atoms with Gasteiger partial charge in [0.2, 0.25) is 0 Å². The molecular weight excluding hydrogens is 285 g/mol. The van der Waals surface area contributed by atoms with Gasteiger partial charge in [-0.3, -0.25) is 9.89 Å². The van der Waals surface area contributed by atoms with Gasteiger partial charge < -0.3 is 9.80 Å². The van der Waals surface area contributed by atoms with Gasteiger partial charge in [-0.25, -0.2) is 4.39 Å². The van der Waals surface area contributed by atoms with Gasteiger partial charge in [0.05, 0.1) is 17.3 Å². The second kappa shape index (κ2) is 5.85. The Morgan fingerprint density at radius 2 is 2.05 bits per heavy atom. The molecule has 6 nitrogen and oxygen atoms in total. The quantitative estimate of drug-likeness (QED) is 0.909. The van der Waals surface area contributed by atoms with E-state index in [2.05, 4.69) is 10.2 Å². The third-order valence-corrected chi connectivity index (χ3v) is 3.72. The molecule has 0 atom stereocenters. The lowest BCUT2D eigenvalue weighted by molar-refractivity contribution is 0.0740. The maximum absolute atomic E-state index is 14.0. The van der Waals surface area contributed by atoms with Gasteiger partial charge in [0, 0.05) is 32.4 Å². The van der Waals surface area contributed by atoms with E-state index in [0.717, 1.165) is 0 Å². The molecule has 2 aromatic rings. The van der Waals surface area contributed by atoms with Crippen molar-refractivity contribution in [1.29, 1.82) is 5.26 Å². The van der Waals surface area contributed by atoms with Gasteiger partial charge in [-0.15, -0.1) is 0 Å². The number of hydrogen-bond acceptors (Lipinski definition) is 4. The minimum absolute atomic E-state index is 0.0996. The van der Waals surface area contributed by atoms with Crippen LogP contribution in [0, 0.1) is 17.1 Å². The van der Waals surface area contributed by atoms with Crippen molar-refractivity contribution in [3.63, 3.8) is 0 Å². The summed E-state index contributed by atoms with van der Waals surface area (Å²) >= 11 is 0. The Hall–Kier alpha value is -2.88. The molecule has 22 heavy (non-hydrogen) atoms. The molecule has 0 radical (unpaired) electrons. The Balaban J connectivity index is 1.67. The van der Waals surface area contributed by atoms with Crippen molar-refractivity contribution in [2.75, 3.05) is 31.1 Å². The minimum atomic E-state index is -0.410. The molecule has 3 rings (SSSR count). The monoisotopic (exact) mass is 299 g/mol. The van der Waals surface area contributed by atoms with Crippen molar-refractivity contribution in [2.24, 2.45) is 0 Å². The molecule has 1 aliphatic rings. The van der Waals surface area contributed by atoms with Crippen molar-refractivity contribution >= 4 is 11.6 Å². The van der Waals surface area contributed by atoms with Gasteiger partial charge in [0.1, 0.15) is 11.5 Å². The molecule has 0 unspecified atom stereocenters. The number of nitrogens with one attached hydrogen (secondary N) is 1. The molecule has 1 N–H and O–H groups in total. The predicted octanol–water partition coefficient (Wildman–Crippen LogP) is 1.38. The van der Waals surface area contributed by atoms with Crippen LogP contribution < -0.4 is 4.90 Å². The molecule has 0 saturated carbocycles. The first-order valence-corrected chi connectivity index (χ1v) is 6.92. The maximum atomic E-state index is 14.0. The number of H-pyrrole nitrogens is 1. The molecule has 1 aliphatic heterocycles. The lowest BCUT2D eigenvalue weighted by atomic mass is 10.1.